The van der Waals surface area contributed by atoms with Crippen LogP contribution >= 0.6 is 0 Å². The molecule has 0 aliphatic carbocycles. The van der Waals surface area contributed by atoms with Gasteiger partial charge in [0, 0.05) is 18.2 Å². The molecule has 0 bridgehead atoms. The highest BCUT2D eigenvalue weighted by Gasteiger charge is 2.06. The molecule has 1 rings (SSSR count). The molecule has 0 saturated heterocycles. The van der Waals surface area contributed by atoms with Gasteiger partial charge in [-0.15, -0.1) is 0 Å². The van der Waals surface area contributed by atoms with Crippen molar-refractivity contribution < 1.29 is 4.79 Å². The van der Waals surface area contributed by atoms with Crippen LogP contribution in [0.25, 0.3) is 0 Å². The maximum Gasteiger partial charge on any atom is 0.225 e. The summed E-state index contributed by atoms with van der Waals surface area (Å²) in [5, 5.41) is 2.82. The van der Waals surface area contributed by atoms with E-state index in [1.165, 1.54) is 0 Å². The van der Waals surface area contributed by atoms with E-state index >= 15 is 0 Å². The van der Waals surface area contributed by atoms with E-state index in [1.807, 2.05) is 38.1 Å². The lowest BCUT2D eigenvalue weighted by Crippen LogP contribution is -2.24. The summed E-state index contributed by atoms with van der Waals surface area (Å²) in [5.74, 6) is -0.0331. The van der Waals surface area contributed by atoms with Crippen molar-refractivity contribution in [1.82, 2.24) is 0 Å². The first kappa shape index (κ1) is 10.7. The van der Waals surface area contributed by atoms with Crippen LogP contribution in [0.2, 0.25) is 0 Å². The zero-order valence-corrected chi connectivity index (χ0v) is 8.58. The normalized spacial score (nSPS) is 12.2. The minimum absolute atomic E-state index is 0.0331. The standard InChI is InChI=1S/C11H16N2O/c1-8-5-3-4-6-10(8)13-11(14)7-9(2)12/h3-6,9H,7,12H2,1-2H3,(H,13,14). The molecule has 3 nitrogen and oxygen atoms in total. The number of hydrogen-bond donors (Lipinski definition) is 2. The SMILES string of the molecule is Cc1ccccc1NC(=O)CC(C)N. The van der Waals surface area contributed by atoms with Gasteiger partial charge in [0.2, 0.25) is 5.91 Å². The summed E-state index contributed by atoms with van der Waals surface area (Å²) in [5.41, 5.74) is 7.44. The van der Waals surface area contributed by atoms with Gasteiger partial charge in [0.05, 0.1) is 0 Å². The molecule has 1 unspecified atom stereocenters. The van der Waals surface area contributed by atoms with Crippen LogP contribution in [0.3, 0.4) is 0 Å². The van der Waals surface area contributed by atoms with E-state index in [-0.39, 0.29) is 11.9 Å². The Labute approximate surface area is 84.3 Å². The van der Waals surface area contributed by atoms with Crippen molar-refractivity contribution in [3.05, 3.63) is 29.8 Å². The van der Waals surface area contributed by atoms with Crippen molar-refractivity contribution in [1.29, 1.82) is 0 Å². The molecule has 0 aromatic heterocycles. The molecule has 0 heterocycles. The summed E-state index contributed by atoms with van der Waals surface area (Å²) in [6.07, 6.45) is 0.355. The summed E-state index contributed by atoms with van der Waals surface area (Å²) < 4.78 is 0. The maximum absolute atomic E-state index is 11.4. The lowest BCUT2D eigenvalue weighted by atomic mass is 10.2. The van der Waals surface area contributed by atoms with Crippen LogP contribution in [0, 0.1) is 6.92 Å². The zero-order chi connectivity index (χ0) is 10.6. The largest absolute Gasteiger partial charge is 0.327 e. The topological polar surface area (TPSA) is 55.1 Å². The summed E-state index contributed by atoms with van der Waals surface area (Å²) in [6.45, 7) is 3.78. The number of nitrogens with two attached hydrogens (primary N) is 1. The molecule has 3 heteroatoms. The van der Waals surface area contributed by atoms with Gasteiger partial charge in [0.15, 0.2) is 0 Å². The second kappa shape index (κ2) is 4.77. The predicted molar refractivity (Wildman–Crippen MR) is 58.1 cm³/mol. The molecule has 1 aromatic rings. The van der Waals surface area contributed by atoms with E-state index in [4.69, 9.17) is 5.73 Å². The second-order valence-electron chi connectivity index (χ2n) is 3.54. The van der Waals surface area contributed by atoms with Crippen LogP contribution < -0.4 is 11.1 Å². The number of carbonyl (C=O) groups excluding carboxylic acids is 1. The fourth-order valence-electron chi connectivity index (χ4n) is 1.21. The first-order chi connectivity index (χ1) is 6.59. The third-order valence-corrected chi connectivity index (χ3v) is 1.93. The first-order valence-corrected chi connectivity index (χ1v) is 4.70. The summed E-state index contributed by atoms with van der Waals surface area (Å²) in [7, 11) is 0. The Morgan fingerprint density at radius 1 is 1.50 bits per heavy atom. The van der Waals surface area contributed by atoms with Gasteiger partial charge in [0.25, 0.3) is 0 Å². The number of benzene rings is 1. The van der Waals surface area contributed by atoms with Crippen molar-refractivity contribution in [3.63, 3.8) is 0 Å². The van der Waals surface area contributed by atoms with Gasteiger partial charge >= 0.3 is 0 Å². The monoisotopic (exact) mass is 192 g/mol. The van der Waals surface area contributed by atoms with Crippen LogP contribution in [0.5, 0.6) is 0 Å². The van der Waals surface area contributed by atoms with Crippen molar-refractivity contribution in [2.75, 3.05) is 5.32 Å². The molecule has 0 spiro atoms. The van der Waals surface area contributed by atoms with E-state index in [9.17, 15) is 4.79 Å². The molecule has 1 amide bonds. The quantitative estimate of drug-likeness (QED) is 0.765. The lowest BCUT2D eigenvalue weighted by Gasteiger charge is -2.09. The number of nitrogens with one attached hydrogen (secondary N) is 1. The molecule has 0 saturated carbocycles. The van der Waals surface area contributed by atoms with Crippen LogP contribution in [0.4, 0.5) is 5.69 Å². The Morgan fingerprint density at radius 3 is 2.71 bits per heavy atom. The molecule has 3 N–H and O–H groups in total. The Kier molecular flexibility index (Phi) is 3.65. The minimum atomic E-state index is -0.0981. The number of carbonyl (C=O) groups is 1. The van der Waals surface area contributed by atoms with Gasteiger partial charge < -0.3 is 11.1 Å². The number of amides is 1. The van der Waals surface area contributed by atoms with E-state index < -0.39 is 0 Å². The van der Waals surface area contributed by atoms with Gasteiger partial charge in [0.1, 0.15) is 0 Å². The Hall–Kier alpha value is -1.35. The Bertz CT molecular complexity index is 321. The van der Waals surface area contributed by atoms with Gasteiger partial charge in [-0.05, 0) is 25.5 Å². The smallest absolute Gasteiger partial charge is 0.225 e. The van der Waals surface area contributed by atoms with Gasteiger partial charge in [-0.1, -0.05) is 18.2 Å². The summed E-state index contributed by atoms with van der Waals surface area (Å²) in [6, 6.07) is 7.58. The van der Waals surface area contributed by atoms with Gasteiger partial charge in [-0.25, -0.2) is 0 Å². The van der Waals surface area contributed by atoms with Crippen LogP contribution in [-0.2, 0) is 4.79 Å². The van der Waals surface area contributed by atoms with Crippen LogP contribution in [-0.4, -0.2) is 11.9 Å². The van der Waals surface area contributed by atoms with Crippen molar-refractivity contribution >= 4 is 11.6 Å². The van der Waals surface area contributed by atoms with E-state index in [0.717, 1.165) is 11.3 Å². The fourth-order valence-corrected chi connectivity index (χ4v) is 1.21. The molecular weight excluding hydrogens is 176 g/mol. The molecule has 0 fully saturated rings. The number of aryl methyl sites for hydroxylation is 1. The van der Waals surface area contributed by atoms with Crippen molar-refractivity contribution in [2.45, 2.75) is 26.3 Å². The average molecular weight is 192 g/mol. The van der Waals surface area contributed by atoms with Gasteiger partial charge in [-0.2, -0.15) is 0 Å². The van der Waals surface area contributed by atoms with E-state index in [2.05, 4.69) is 5.32 Å². The maximum atomic E-state index is 11.4. The number of anilines is 1. The first-order valence-electron chi connectivity index (χ1n) is 4.70. The minimum Gasteiger partial charge on any atom is -0.327 e. The predicted octanol–water partition coefficient (Wildman–Crippen LogP) is 1.67. The van der Waals surface area contributed by atoms with E-state index in [0.29, 0.717) is 6.42 Å². The Morgan fingerprint density at radius 2 is 2.14 bits per heavy atom. The molecule has 0 aliphatic rings. The lowest BCUT2D eigenvalue weighted by molar-refractivity contribution is -0.116. The molecule has 1 aromatic carbocycles. The number of rotatable bonds is 3. The Balaban J connectivity index is 2.61. The highest BCUT2D eigenvalue weighted by atomic mass is 16.1. The molecule has 1 atom stereocenters. The molecular formula is C11H16N2O. The van der Waals surface area contributed by atoms with Crippen molar-refractivity contribution in [3.8, 4) is 0 Å². The zero-order valence-electron chi connectivity index (χ0n) is 8.58. The molecule has 76 valence electrons. The molecule has 0 aliphatic heterocycles. The highest BCUT2D eigenvalue weighted by molar-refractivity contribution is 5.91. The van der Waals surface area contributed by atoms with Gasteiger partial charge in [-0.3, -0.25) is 4.79 Å². The molecule has 14 heavy (non-hydrogen) atoms. The highest BCUT2D eigenvalue weighted by Crippen LogP contribution is 2.13. The summed E-state index contributed by atoms with van der Waals surface area (Å²) in [4.78, 5) is 11.4. The third-order valence-electron chi connectivity index (χ3n) is 1.93. The average Bonchev–Trinajstić information content (AvgIpc) is 2.07. The fraction of sp³-hybridized carbons (Fsp3) is 0.364. The molecule has 0 radical (unpaired) electrons. The van der Waals surface area contributed by atoms with Crippen LogP contribution in [0.15, 0.2) is 24.3 Å². The number of hydrogen-bond acceptors (Lipinski definition) is 2. The second-order valence-corrected chi connectivity index (χ2v) is 3.54. The van der Waals surface area contributed by atoms with E-state index in [1.54, 1.807) is 0 Å². The summed E-state index contributed by atoms with van der Waals surface area (Å²) >= 11 is 0. The number of para-hydroxylation sites is 1. The van der Waals surface area contributed by atoms with Crippen LogP contribution in [0.1, 0.15) is 18.9 Å². The third kappa shape index (κ3) is 3.18. The van der Waals surface area contributed by atoms with Crippen molar-refractivity contribution in [2.24, 2.45) is 5.73 Å².